The highest BCUT2D eigenvalue weighted by atomic mass is 16.7. The number of carbonyl (C=O) groups excluding carboxylic acids is 2. The second-order valence-electron chi connectivity index (χ2n) is 7.67. The van der Waals surface area contributed by atoms with Gasteiger partial charge in [0.25, 0.3) is 11.8 Å². The van der Waals surface area contributed by atoms with Crippen molar-refractivity contribution in [1.29, 1.82) is 0 Å². The van der Waals surface area contributed by atoms with Crippen molar-refractivity contribution in [2.45, 2.75) is 38.9 Å². The van der Waals surface area contributed by atoms with Crippen molar-refractivity contribution >= 4 is 30.1 Å². The fraction of sp³-hybridized carbons (Fsp3) is 0.300. The number of amides is 2. The highest BCUT2D eigenvalue weighted by Gasteiger charge is 2.52. The highest BCUT2D eigenvalue weighted by molar-refractivity contribution is 6.62. The van der Waals surface area contributed by atoms with Crippen LogP contribution >= 0.6 is 0 Å². The van der Waals surface area contributed by atoms with Gasteiger partial charge in [0.15, 0.2) is 0 Å². The Morgan fingerprint density at radius 1 is 0.808 bits per heavy atom. The van der Waals surface area contributed by atoms with Gasteiger partial charge < -0.3 is 9.31 Å². The van der Waals surface area contributed by atoms with E-state index in [1.54, 1.807) is 42.5 Å². The van der Waals surface area contributed by atoms with E-state index in [4.69, 9.17) is 9.31 Å². The van der Waals surface area contributed by atoms with Crippen LogP contribution in [-0.2, 0) is 9.31 Å². The van der Waals surface area contributed by atoms with Crippen molar-refractivity contribution in [2.75, 3.05) is 4.90 Å². The first kappa shape index (κ1) is 17.0. The summed E-state index contributed by atoms with van der Waals surface area (Å²) in [5.41, 5.74) is 1.15. The second-order valence-corrected chi connectivity index (χ2v) is 7.67. The average molecular weight is 349 g/mol. The summed E-state index contributed by atoms with van der Waals surface area (Å²) in [6, 6.07) is 14.1. The van der Waals surface area contributed by atoms with Crippen LogP contribution in [0.15, 0.2) is 48.5 Å². The fourth-order valence-corrected chi connectivity index (χ4v) is 3.20. The molecular formula is C20H20BNO4. The van der Waals surface area contributed by atoms with Gasteiger partial charge in [0, 0.05) is 0 Å². The van der Waals surface area contributed by atoms with Gasteiger partial charge in [-0.15, -0.1) is 0 Å². The SMILES string of the molecule is CC1(C)OB(c2ccc3c(c2)C(=O)N(c2ccccc2)C3=O)OC1(C)C. The van der Waals surface area contributed by atoms with Crippen LogP contribution in [0.25, 0.3) is 0 Å². The molecule has 2 amide bonds. The van der Waals surface area contributed by atoms with Crippen molar-refractivity contribution < 1.29 is 18.9 Å². The van der Waals surface area contributed by atoms with E-state index in [1.165, 1.54) is 4.90 Å². The van der Waals surface area contributed by atoms with Gasteiger partial charge in [-0.05, 0) is 57.4 Å². The molecular weight excluding hydrogens is 329 g/mol. The van der Waals surface area contributed by atoms with Gasteiger partial charge >= 0.3 is 7.12 Å². The summed E-state index contributed by atoms with van der Waals surface area (Å²) in [5, 5.41) is 0. The molecule has 0 radical (unpaired) electrons. The Labute approximate surface area is 153 Å². The maximum Gasteiger partial charge on any atom is 0.494 e. The van der Waals surface area contributed by atoms with E-state index in [-0.39, 0.29) is 11.8 Å². The molecule has 2 aliphatic heterocycles. The average Bonchev–Trinajstić information content (AvgIpc) is 2.98. The molecule has 4 rings (SSSR count). The van der Waals surface area contributed by atoms with Crippen LogP contribution < -0.4 is 10.4 Å². The molecule has 132 valence electrons. The van der Waals surface area contributed by atoms with Crippen molar-refractivity contribution in [3.63, 3.8) is 0 Å². The van der Waals surface area contributed by atoms with Crippen LogP contribution in [0, 0.1) is 0 Å². The summed E-state index contributed by atoms with van der Waals surface area (Å²) in [4.78, 5) is 26.7. The fourth-order valence-electron chi connectivity index (χ4n) is 3.20. The second kappa shape index (κ2) is 5.53. The topological polar surface area (TPSA) is 55.8 Å². The minimum atomic E-state index is -0.570. The van der Waals surface area contributed by atoms with Crippen LogP contribution in [0.4, 0.5) is 5.69 Å². The van der Waals surface area contributed by atoms with Gasteiger partial charge in [0.05, 0.1) is 28.0 Å². The Bertz CT molecular complexity index is 891. The number of anilines is 1. The van der Waals surface area contributed by atoms with Gasteiger partial charge in [0.2, 0.25) is 0 Å². The first-order chi connectivity index (χ1) is 12.2. The van der Waals surface area contributed by atoms with Crippen LogP contribution in [0.1, 0.15) is 48.4 Å². The minimum Gasteiger partial charge on any atom is -0.399 e. The van der Waals surface area contributed by atoms with Crippen molar-refractivity contribution in [3.8, 4) is 0 Å². The maximum absolute atomic E-state index is 12.9. The lowest BCUT2D eigenvalue weighted by atomic mass is 9.78. The molecule has 0 spiro atoms. The summed E-state index contributed by atoms with van der Waals surface area (Å²) in [5.74, 6) is -0.633. The third-order valence-electron chi connectivity index (χ3n) is 5.45. The van der Waals surface area contributed by atoms with Crippen LogP contribution in [0.2, 0.25) is 0 Å². The Kier molecular flexibility index (Phi) is 3.62. The lowest BCUT2D eigenvalue weighted by Gasteiger charge is -2.32. The molecule has 2 aliphatic rings. The van der Waals surface area contributed by atoms with Crippen LogP contribution in [-0.4, -0.2) is 30.1 Å². The van der Waals surface area contributed by atoms with Crippen molar-refractivity contribution in [1.82, 2.24) is 0 Å². The quantitative estimate of drug-likeness (QED) is 0.618. The van der Waals surface area contributed by atoms with Crippen LogP contribution in [0.3, 0.4) is 0 Å². The van der Waals surface area contributed by atoms with Gasteiger partial charge in [0.1, 0.15) is 0 Å². The summed E-state index contributed by atoms with van der Waals surface area (Å²) in [6.07, 6.45) is 0. The van der Waals surface area contributed by atoms with E-state index in [1.807, 2.05) is 33.8 Å². The number of rotatable bonds is 2. The molecule has 2 heterocycles. The Hall–Kier alpha value is -2.44. The number of carbonyl (C=O) groups is 2. The number of benzene rings is 2. The zero-order valence-corrected chi connectivity index (χ0v) is 15.3. The lowest BCUT2D eigenvalue weighted by molar-refractivity contribution is 0.00578. The first-order valence-corrected chi connectivity index (χ1v) is 8.65. The molecule has 0 aliphatic carbocycles. The monoisotopic (exact) mass is 349 g/mol. The van der Waals surface area contributed by atoms with E-state index in [9.17, 15) is 9.59 Å². The van der Waals surface area contributed by atoms with Crippen LogP contribution in [0.5, 0.6) is 0 Å². The first-order valence-electron chi connectivity index (χ1n) is 8.65. The zero-order valence-electron chi connectivity index (χ0n) is 15.3. The summed E-state index contributed by atoms with van der Waals surface area (Å²) >= 11 is 0. The van der Waals surface area contributed by atoms with Gasteiger partial charge in [-0.3, -0.25) is 9.59 Å². The predicted octanol–water partition coefficient (Wildman–Crippen LogP) is 2.79. The number of para-hydroxylation sites is 1. The van der Waals surface area contributed by atoms with E-state index >= 15 is 0 Å². The third kappa shape index (κ3) is 2.41. The largest absolute Gasteiger partial charge is 0.494 e. The molecule has 1 fully saturated rings. The Balaban J connectivity index is 1.69. The molecule has 0 aromatic heterocycles. The molecule has 5 nitrogen and oxygen atoms in total. The highest BCUT2D eigenvalue weighted by Crippen LogP contribution is 2.37. The normalized spacial score (nSPS) is 20.6. The van der Waals surface area contributed by atoms with E-state index in [0.717, 1.165) is 5.46 Å². The maximum atomic E-state index is 12.9. The number of fused-ring (bicyclic) bond motifs is 1. The number of hydrogen-bond acceptors (Lipinski definition) is 4. The molecule has 0 N–H and O–H groups in total. The number of hydrogen-bond donors (Lipinski definition) is 0. The van der Waals surface area contributed by atoms with Gasteiger partial charge in [-0.1, -0.05) is 24.3 Å². The van der Waals surface area contributed by atoms with Gasteiger partial charge in [-0.25, -0.2) is 4.90 Å². The molecule has 26 heavy (non-hydrogen) atoms. The molecule has 2 aromatic rings. The molecule has 6 heteroatoms. The molecule has 0 atom stereocenters. The van der Waals surface area contributed by atoms with E-state index in [2.05, 4.69) is 0 Å². The predicted molar refractivity (Wildman–Crippen MR) is 99.7 cm³/mol. The van der Waals surface area contributed by atoms with E-state index < -0.39 is 18.3 Å². The smallest absolute Gasteiger partial charge is 0.399 e. The molecule has 1 saturated heterocycles. The number of imide groups is 1. The standard InChI is InChI=1S/C20H20BNO4/c1-19(2)20(3,4)26-21(25-19)13-10-11-15-16(12-13)18(24)22(17(15)23)14-8-6-5-7-9-14/h5-12H,1-4H3. The van der Waals surface area contributed by atoms with Crippen molar-refractivity contribution in [2.24, 2.45) is 0 Å². The molecule has 0 unspecified atom stereocenters. The van der Waals surface area contributed by atoms with Crippen molar-refractivity contribution in [3.05, 3.63) is 59.7 Å². The lowest BCUT2D eigenvalue weighted by Crippen LogP contribution is -2.41. The Morgan fingerprint density at radius 2 is 1.38 bits per heavy atom. The summed E-state index contributed by atoms with van der Waals surface area (Å²) < 4.78 is 12.1. The molecule has 0 saturated carbocycles. The molecule has 2 aromatic carbocycles. The Morgan fingerprint density at radius 3 is 2.00 bits per heavy atom. The van der Waals surface area contributed by atoms with Gasteiger partial charge in [-0.2, -0.15) is 0 Å². The zero-order chi connectivity index (χ0) is 18.7. The number of nitrogens with zero attached hydrogens (tertiary/aromatic N) is 1. The summed E-state index contributed by atoms with van der Waals surface area (Å²) in [7, 11) is -0.570. The van der Waals surface area contributed by atoms with E-state index in [0.29, 0.717) is 16.8 Å². The summed E-state index contributed by atoms with van der Waals surface area (Å²) in [6.45, 7) is 7.91. The minimum absolute atomic E-state index is 0.309. The molecule has 0 bridgehead atoms. The third-order valence-corrected chi connectivity index (χ3v) is 5.45.